The molecule has 4 nitrogen and oxygen atoms in total. The fraction of sp³-hybridized carbons (Fsp3) is 0.333. The van der Waals surface area contributed by atoms with Gasteiger partial charge in [-0.05, 0) is 69.8 Å². The zero-order valence-corrected chi connectivity index (χ0v) is 23.2. The van der Waals surface area contributed by atoms with Crippen molar-refractivity contribution in [2.75, 3.05) is 0 Å². The predicted molar refractivity (Wildman–Crippen MR) is 147 cm³/mol. The summed E-state index contributed by atoms with van der Waals surface area (Å²) in [7, 11) is 0. The zero-order chi connectivity index (χ0) is 26.1. The van der Waals surface area contributed by atoms with Gasteiger partial charge in [-0.25, -0.2) is 0 Å². The minimum atomic E-state index is -0.676. The third-order valence-corrected chi connectivity index (χ3v) is 7.73. The van der Waals surface area contributed by atoms with Crippen LogP contribution in [0.3, 0.4) is 0 Å². The van der Waals surface area contributed by atoms with Gasteiger partial charge in [0.25, 0.3) is 0 Å². The van der Waals surface area contributed by atoms with E-state index in [1.807, 2.05) is 95.5 Å². The van der Waals surface area contributed by atoms with Crippen molar-refractivity contribution < 1.29 is 19.1 Å². The summed E-state index contributed by atoms with van der Waals surface area (Å²) in [4.78, 5) is 27.1. The highest BCUT2D eigenvalue weighted by atomic mass is 32.1. The van der Waals surface area contributed by atoms with Gasteiger partial charge in [-0.2, -0.15) is 0 Å². The molecule has 4 aromatic rings. The summed E-state index contributed by atoms with van der Waals surface area (Å²) < 4.78 is 13.5. The van der Waals surface area contributed by atoms with Crippen molar-refractivity contribution in [1.29, 1.82) is 0 Å². The molecule has 6 heteroatoms. The second-order valence-electron chi connectivity index (χ2n) is 10.9. The first-order valence-electron chi connectivity index (χ1n) is 12.0. The van der Waals surface area contributed by atoms with Crippen molar-refractivity contribution in [3.05, 3.63) is 93.0 Å². The van der Waals surface area contributed by atoms with Crippen LogP contribution >= 0.6 is 22.7 Å². The lowest BCUT2D eigenvalue weighted by Crippen LogP contribution is -2.27. The molecule has 0 saturated heterocycles. The van der Waals surface area contributed by atoms with Gasteiger partial charge in [-0.15, -0.1) is 22.7 Å². The summed E-state index contributed by atoms with van der Waals surface area (Å²) in [6.45, 7) is 11.1. The topological polar surface area (TPSA) is 52.6 Å². The van der Waals surface area contributed by atoms with Crippen molar-refractivity contribution in [3.63, 3.8) is 0 Å². The number of fused-ring (bicyclic) bond motifs is 1. The number of ether oxygens (including phenoxy) is 2. The lowest BCUT2D eigenvalue weighted by molar-refractivity contribution is -0.158. The van der Waals surface area contributed by atoms with E-state index < -0.39 is 23.0 Å². The quantitative estimate of drug-likeness (QED) is 0.240. The molecule has 2 heterocycles. The molecule has 0 bridgehead atoms. The Hall–Kier alpha value is -2.96. The third-order valence-electron chi connectivity index (χ3n) is 5.83. The molecule has 0 N–H and O–H groups in total. The zero-order valence-electron chi connectivity index (χ0n) is 21.5. The number of carbonyl (C=O) groups is 2. The molecular weight excluding hydrogens is 488 g/mol. The number of thiophene rings is 2. The molecule has 0 spiro atoms. The van der Waals surface area contributed by atoms with E-state index in [-0.39, 0.29) is 11.9 Å². The second-order valence-corrected chi connectivity index (χ2v) is 12.8. The first-order valence-corrected chi connectivity index (χ1v) is 13.7. The lowest BCUT2D eigenvalue weighted by Gasteiger charge is -2.28. The molecule has 4 rings (SSSR count). The van der Waals surface area contributed by atoms with Gasteiger partial charge in [0.15, 0.2) is 12.2 Å². The van der Waals surface area contributed by atoms with Crippen molar-refractivity contribution in [2.24, 2.45) is 10.8 Å². The van der Waals surface area contributed by atoms with E-state index in [0.29, 0.717) is 0 Å². The van der Waals surface area contributed by atoms with E-state index in [0.717, 1.165) is 31.7 Å². The molecule has 36 heavy (non-hydrogen) atoms. The van der Waals surface area contributed by atoms with Crippen LogP contribution in [-0.2, 0) is 19.1 Å². The normalized spacial score (nSPS) is 13.8. The first-order chi connectivity index (χ1) is 17.0. The van der Waals surface area contributed by atoms with Gasteiger partial charge in [0.1, 0.15) is 0 Å². The van der Waals surface area contributed by atoms with Gasteiger partial charge < -0.3 is 9.47 Å². The van der Waals surface area contributed by atoms with Crippen LogP contribution in [0.5, 0.6) is 0 Å². The summed E-state index contributed by atoms with van der Waals surface area (Å²) in [5, 5.41) is 5.08. The number of hydrogen-bond acceptors (Lipinski definition) is 6. The Kier molecular flexibility index (Phi) is 7.39. The van der Waals surface area contributed by atoms with Gasteiger partial charge in [0, 0.05) is 26.3 Å². The van der Waals surface area contributed by atoms with Gasteiger partial charge in [0.2, 0.25) is 0 Å². The number of rotatable bonds is 6. The van der Waals surface area contributed by atoms with E-state index in [4.69, 9.17) is 9.47 Å². The number of hydrogen-bond donors (Lipinski definition) is 0. The summed E-state index contributed by atoms with van der Waals surface area (Å²) in [5.41, 5.74) is 1.20. The average Bonchev–Trinajstić information content (AvgIpc) is 3.50. The molecule has 0 saturated carbocycles. The second kappa shape index (κ2) is 10.2. The van der Waals surface area contributed by atoms with Crippen molar-refractivity contribution in [3.8, 4) is 0 Å². The van der Waals surface area contributed by atoms with Crippen LogP contribution in [0.25, 0.3) is 10.1 Å². The third kappa shape index (κ3) is 5.55. The van der Waals surface area contributed by atoms with Crippen molar-refractivity contribution >= 4 is 44.7 Å². The molecule has 0 fully saturated rings. The first kappa shape index (κ1) is 26.1. The Morgan fingerprint density at radius 3 is 1.81 bits per heavy atom. The van der Waals surface area contributed by atoms with Crippen LogP contribution < -0.4 is 0 Å². The summed E-state index contributed by atoms with van der Waals surface area (Å²) in [6, 6.07) is 19.8. The van der Waals surface area contributed by atoms with E-state index in [2.05, 4.69) is 17.5 Å². The minimum absolute atomic E-state index is 0.292. The van der Waals surface area contributed by atoms with E-state index in [1.54, 1.807) is 11.3 Å². The Morgan fingerprint density at radius 1 is 0.667 bits per heavy atom. The van der Waals surface area contributed by atoms with Crippen LogP contribution in [0.1, 0.15) is 75.3 Å². The fourth-order valence-electron chi connectivity index (χ4n) is 3.77. The van der Waals surface area contributed by atoms with E-state index in [1.165, 1.54) is 11.3 Å². The molecular formula is C30H32O4S2. The van der Waals surface area contributed by atoms with E-state index >= 15 is 0 Å². The molecule has 0 radical (unpaired) electrons. The van der Waals surface area contributed by atoms with Crippen LogP contribution in [0.4, 0.5) is 0 Å². The van der Waals surface area contributed by atoms with Crippen LogP contribution in [0.2, 0.25) is 0 Å². The predicted octanol–water partition coefficient (Wildman–Crippen LogP) is 8.32. The number of benzene rings is 2. The maximum absolute atomic E-state index is 13.2. The van der Waals surface area contributed by atoms with Gasteiger partial charge in [-0.1, -0.05) is 48.5 Å². The number of carbonyl (C=O) groups excluding carboxylic acids is 2. The molecule has 2 aromatic heterocycles. The van der Waals surface area contributed by atoms with Crippen LogP contribution in [-0.4, -0.2) is 11.9 Å². The summed E-state index contributed by atoms with van der Waals surface area (Å²) in [6.07, 6.45) is -1.27. The monoisotopic (exact) mass is 520 g/mol. The maximum Gasteiger partial charge on any atom is 0.312 e. The molecule has 188 valence electrons. The lowest BCUT2D eigenvalue weighted by atomic mass is 9.91. The molecule has 2 atom stereocenters. The van der Waals surface area contributed by atoms with E-state index in [9.17, 15) is 9.59 Å². The van der Waals surface area contributed by atoms with Gasteiger partial charge in [-0.3, -0.25) is 9.59 Å². The van der Waals surface area contributed by atoms with Crippen molar-refractivity contribution in [2.45, 2.75) is 53.8 Å². The Labute approximate surface area is 220 Å². The molecule has 0 aliphatic carbocycles. The number of esters is 2. The SMILES string of the molecule is CC(C)(C)C(=O)OC(c1cccs1)c1ccccc1C(OC(=O)C(C)(C)C)c1csc2ccccc12. The van der Waals surface area contributed by atoms with Gasteiger partial charge in [0.05, 0.1) is 10.8 Å². The van der Waals surface area contributed by atoms with Crippen molar-refractivity contribution in [1.82, 2.24) is 0 Å². The summed E-state index contributed by atoms with van der Waals surface area (Å²) in [5.74, 6) is -0.586. The standard InChI is InChI=1S/C30H32O4S2/c1-29(2,3)27(31)33-25(22-18-36-23-15-10-9-12-19(22)23)20-13-7-8-14-21(20)26(24-16-11-17-35-24)34-28(32)30(4,5)6/h7-18,25-26H,1-6H3. The highest BCUT2D eigenvalue weighted by Gasteiger charge is 2.34. The largest absolute Gasteiger partial charge is 0.452 e. The van der Waals surface area contributed by atoms with Crippen LogP contribution in [0, 0.1) is 10.8 Å². The maximum atomic E-state index is 13.2. The molecule has 0 amide bonds. The van der Waals surface area contributed by atoms with Crippen LogP contribution in [0.15, 0.2) is 71.4 Å². The Morgan fingerprint density at radius 2 is 1.22 bits per heavy atom. The smallest absolute Gasteiger partial charge is 0.312 e. The minimum Gasteiger partial charge on any atom is -0.452 e. The highest BCUT2D eigenvalue weighted by molar-refractivity contribution is 7.17. The molecule has 2 aromatic carbocycles. The highest BCUT2D eigenvalue weighted by Crippen LogP contribution is 2.42. The fourth-order valence-corrected chi connectivity index (χ4v) is 5.51. The Balaban J connectivity index is 1.89. The van der Waals surface area contributed by atoms with Gasteiger partial charge >= 0.3 is 11.9 Å². The molecule has 0 aliphatic rings. The molecule has 2 unspecified atom stereocenters. The average molecular weight is 521 g/mol. The Bertz CT molecular complexity index is 1350. The summed E-state index contributed by atoms with van der Waals surface area (Å²) >= 11 is 3.16. The molecule has 0 aliphatic heterocycles.